The molecule has 23 nitrogen and oxygen atoms in total. The van der Waals surface area contributed by atoms with E-state index >= 15 is 0 Å². The maximum absolute atomic E-state index is 14.9. The van der Waals surface area contributed by atoms with Crippen LogP contribution in [0.5, 0.6) is 5.75 Å². The average molecular weight is 1140 g/mol. The molecule has 0 radical (unpaired) electrons. The quantitative estimate of drug-likeness (QED) is 0.219. The molecule has 3 rings (SSSR count). The molecule has 81 heavy (non-hydrogen) atoms. The highest BCUT2D eigenvalue weighted by molar-refractivity contribution is 5.99. The van der Waals surface area contributed by atoms with Crippen molar-refractivity contribution < 1.29 is 67.3 Å². The molecule has 0 spiro atoms. The van der Waals surface area contributed by atoms with Gasteiger partial charge in [-0.05, 0) is 72.5 Å². The molecule has 0 aromatic heterocycles. The van der Waals surface area contributed by atoms with Gasteiger partial charge in [0, 0.05) is 48.2 Å². The Hall–Kier alpha value is -6.81. The molecule has 23 heteroatoms. The lowest BCUT2D eigenvalue weighted by Crippen LogP contribution is -2.63. The number of esters is 1. The predicted molar refractivity (Wildman–Crippen MR) is 301 cm³/mol. The Kier molecular flexibility index (Phi) is 25.6. The molecule has 2 aliphatic heterocycles. The van der Waals surface area contributed by atoms with E-state index in [0.717, 1.165) is 14.7 Å². The number of fused-ring (bicyclic) bond motifs is 1. The number of hydrogen-bond acceptors (Lipinski definition) is 13. The highest BCUT2D eigenvalue weighted by atomic mass is 16.6. The lowest BCUT2D eigenvalue weighted by atomic mass is 9.94. The van der Waals surface area contributed by atoms with Crippen LogP contribution < -0.4 is 20.7 Å². The number of carbonyl (C=O) groups excluding carboxylic acids is 10. The number of carboxylic acid groups (broad SMARTS) is 1. The number of ether oxygens (including phenoxy) is 2. The van der Waals surface area contributed by atoms with E-state index in [1.807, 2.05) is 0 Å². The van der Waals surface area contributed by atoms with Crippen molar-refractivity contribution in [3.05, 3.63) is 29.8 Å². The number of rotatable bonds is 12. The summed E-state index contributed by atoms with van der Waals surface area (Å²) in [7, 11) is 8.22. The zero-order chi connectivity index (χ0) is 61.7. The normalized spacial score (nSPS) is 26.3. The van der Waals surface area contributed by atoms with Crippen molar-refractivity contribution in [1.29, 1.82) is 0 Å². The second-order valence-electron chi connectivity index (χ2n) is 23.5. The highest BCUT2D eigenvalue weighted by Gasteiger charge is 2.46. The van der Waals surface area contributed by atoms with Crippen molar-refractivity contribution in [2.75, 3.05) is 55.4 Å². The second kappa shape index (κ2) is 30.3. The van der Waals surface area contributed by atoms with Gasteiger partial charge in [-0.15, -0.1) is 0 Å². The van der Waals surface area contributed by atoms with Gasteiger partial charge in [-0.2, -0.15) is 0 Å². The third-order valence-electron chi connectivity index (χ3n) is 15.7. The summed E-state index contributed by atoms with van der Waals surface area (Å²) in [6.45, 7) is 19.8. The zero-order valence-corrected chi connectivity index (χ0v) is 51.1. The molecule has 2 heterocycles. The van der Waals surface area contributed by atoms with Gasteiger partial charge in [0.2, 0.25) is 47.3 Å². The van der Waals surface area contributed by atoms with E-state index in [4.69, 9.17) is 9.47 Å². The Morgan fingerprint density at radius 2 is 1.15 bits per heavy atom. The molecule has 454 valence electrons. The van der Waals surface area contributed by atoms with Gasteiger partial charge in [-0.25, -0.2) is 4.79 Å². The number of nitrogens with one attached hydrogen (secondary N) is 3. The van der Waals surface area contributed by atoms with Gasteiger partial charge in [-0.3, -0.25) is 47.9 Å². The minimum absolute atomic E-state index is 0.105. The van der Waals surface area contributed by atoms with Gasteiger partial charge in [-0.1, -0.05) is 102 Å². The van der Waals surface area contributed by atoms with Crippen LogP contribution in [-0.4, -0.2) is 209 Å². The van der Waals surface area contributed by atoms with Crippen LogP contribution in [0.25, 0.3) is 0 Å². The number of amides is 9. The Bertz CT molecular complexity index is 2410. The summed E-state index contributed by atoms with van der Waals surface area (Å²) in [6.07, 6.45) is -0.830. The maximum atomic E-state index is 14.9. The molecule has 1 aromatic rings. The fraction of sp³-hybridized carbons (Fsp3) is 0.707. The average Bonchev–Trinajstić information content (AvgIpc) is 3.49. The van der Waals surface area contributed by atoms with Crippen molar-refractivity contribution in [3.63, 3.8) is 0 Å². The molecule has 1 aromatic carbocycles. The lowest BCUT2D eigenvalue weighted by molar-refractivity contribution is -0.169. The minimum atomic E-state index is -1.69. The number of aliphatic carboxylic acids is 1. The summed E-state index contributed by atoms with van der Waals surface area (Å²) in [5.41, 5.74) is 0.583. The van der Waals surface area contributed by atoms with Gasteiger partial charge in [0.05, 0.1) is 20.1 Å². The monoisotopic (exact) mass is 1140 g/mol. The van der Waals surface area contributed by atoms with Gasteiger partial charge in [0.25, 0.3) is 5.91 Å². The van der Waals surface area contributed by atoms with Gasteiger partial charge >= 0.3 is 11.9 Å². The summed E-state index contributed by atoms with van der Waals surface area (Å²) < 4.78 is 11.4. The van der Waals surface area contributed by atoms with Crippen LogP contribution in [0.2, 0.25) is 0 Å². The minimum Gasteiger partial charge on any atom is -0.497 e. The molecule has 4 N–H and O–H groups in total. The molecule has 2 aliphatic rings. The maximum Gasteiger partial charge on any atom is 0.329 e. The van der Waals surface area contributed by atoms with Crippen LogP contribution >= 0.6 is 0 Å². The smallest absolute Gasteiger partial charge is 0.329 e. The van der Waals surface area contributed by atoms with Crippen LogP contribution in [0.1, 0.15) is 121 Å². The Labute approximate surface area is 478 Å². The topological polar surface area (TPSA) is 282 Å². The van der Waals surface area contributed by atoms with Gasteiger partial charge in [0.15, 0.2) is 6.10 Å². The van der Waals surface area contributed by atoms with Crippen molar-refractivity contribution in [2.45, 2.75) is 176 Å². The first-order valence-electron chi connectivity index (χ1n) is 28.3. The first kappa shape index (κ1) is 68.5. The fourth-order valence-electron chi connectivity index (χ4n) is 10.8. The SMILES string of the molecule is CC[C@H](C)[C@H]1C(=O)NCC(=O)N(C)[C@@H](C(C)C)C(=O)N[C@@H](Cc2ccc(OC)cc2)C(=O)O[C@H](C(C)C)C(=O)N2CCCC[C@H]2C(=O)N(C)[C@@H](C(C)C)C(=O)N[C@@H](C(C)C)C(=O)N(C)[C@@H](CC(=O)O)C(=O)N(C)[C@@H](C(C)C)C(=O)N1C. The van der Waals surface area contributed by atoms with Crippen molar-refractivity contribution in [3.8, 4) is 5.75 Å². The summed E-state index contributed by atoms with van der Waals surface area (Å²) in [5.74, 6) is -12.1. The van der Waals surface area contributed by atoms with Crippen molar-refractivity contribution >= 4 is 65.1 Å². The van der Waals surface area contributed by atoms with E-state index in [0.29, 0.717) is 30.6 Å². The summed E-state index contributed by atoms with van der Waals surface area (Å²) in [6, 6.07) is -3.79. The molecule has 9 amide bonds. The van der Waals surface area contributed by atoms with E-state index in [2.05, 4.69) is 16.0 Å². The Morgan fingerprint density at radius 1 is 0.617 bits per heavy atom. The lowest BCUT2D eigenvalue weighted by Gasteiger charge is -2.41. The van der Waals surface area contributed by atoms with Crippen LogP contribution in [-0.2, 0) is 63.9 Å². The summed E-state index contributed by atoms with van der Waals surface area (Å²) >= 11 is 0. The van der Waals surface area contributed by atoms with E-state index < -0.39 is 168 Å². The third kappa shape index (κ3) is 17.1. The van der Waals surface area contributed by atoms with Crippen LogP contribution in [0.3, 0.4) is 0 Å². The number of methoxy groups -OCH3 is 1. The molecular weight excluding hydrogens is 1050 g/mol. The molecule has 0 bridgehead atoms. The number of piperidine rings is 1. The molecule has 0 unspecified atom stereocenters. The number of hydrogen-bond donors (Lipinski definition) is 4. The van der Waals surface area contributed by atoms with Gasteiger partial charge in [0.1, 0.15) is 54.1 Å². The van der Waals surface area contributed by atoms with E-state index in [-0.39, 0.29) is 19.4 Å². The molecule has 2 fully saturated rings. The Morgan fingerprint density at radius 3 is 1.65 bits per heavy atom. The largest absolute Gasteiger partial charge is 0.497 e. The van der Waals surface area contributed by atoms with Crippen LogP contribution in [0.4, 0.5) is 0 Å². The molecule has 0 aliphatic carbocycles. The molecule has 10 atom stereocenters. The van der Waals surface area contributed by atoms with Crippen molar-refractivity contribution in [2.24, 2.45) is 35.5 Å². The van der Waals surface area contributed by atoms with E-state index in [1.165, 1.54) is 57.0 Å². The summed E-state index contributed by atoms with van der Waals surface area (Å²) in [5, 5.41) is 18.4. The molecular formula is C58H93N9O14. The standard InChI is InChI=1S/C58H93N9O14/c1-19-36(12)48-50(71)59-30-42(68)63(14)45(32(4)5)51(72)60-39(28-37-23-25-38(80-18)26-24-37)58(79)81-49(35(10)11)57(78)67-27-21-20-22-40(67)53(74)64(15)46(33(6)7)52(73)61-44(31(2)3)55(76)62(13)41(29-43(69)70)54(75)65(16)47(34(8)9)56(77)66(48)17/h23-26,31-36,39-41,44-49H,19-22,27-30H2,1-18H3,(H,59,71)(H,60,72)(H,61,73)(H,69,70)/t36-,39-,40-,41-,44-,45-,46-,47-,48-,49+/m0/s1. The van der Waals surface area contributed by atoms with Crippen LogP contribution in [0, 0.1) is 35.5 Å². The van der Waals surface area contributed by atoms with E-state index in [9.17, 15) is 57.8 Å². The predicted octanol–water partition coefficient (Wildman–Crippen LogP) is 2.57. The molecule has 2 saturated heterocycles. The first-order valence-corrected chi connectivity index (χ1v) is 28.3. The third-order valence-corrected chi connectivity index (χ3v) is 15.7. The van der Waals surface area contributed by atoms with Gasteiger partial charge < -0.3 is 59.9 Å². The first-order chi connectivity index (χ1) is 37.7. The summed E-state index contributed by atoms with van der Waals surface area (Å²) in [4.78, 5) is 165. The number of cyclic esters (lactones) is 1. The number of nitrogens with zero attached hydrogens (tertiary/aromatic N) is 6. The molecule has 0 saturated carbocycles. The zero-order valence-electron chi connectivity index (χ0n) is 51.1. The fourth-order valence-corrected chi connectivity index (χ4v) is 10.8. The number of likely N-dealkylation sites (N-methyl/N-ethyl adjacent to an activating group) is 5. The Balaban J connectivity index is 2.30. The van der Waals surface area contributed by atoms with E-state index in [1.54, 1.807) is 107 Å². The number of carbonyl (C=O) groups is 11. The van der Waals surface area contributed by atoms with Crippen molar-refractivity contribution in [1.82, 2.24) is 45.3 Å². The highest BCUT2D eigenvalue weighted by Crippen LogP contribution is 2.27. The number of carboxylic acids is 1. The van der Waals surface area contributed by atoms with Crippen LogP contribution in [0.15, 0.2) is 24.3 Å². The number of benzene rings is 1. The second-order valence-corrected chi connectivity index (χ2v) is 23.5.